The molecule has 0 spiro atoms. The van der Waals surface area contributed by atoms with Crippen molar-refractivity contribution in [3.05, 3.63) is 59.2 Å². The normalized spacial score (nSPS) is 18.5. The van der Waals surface area contributed by atoms with Gasteiger partial charge in [0.05, 0.1) is 19.7 Å². The maximum atomic E-state index is 12.7. The van der Waals surface area contributed by atoms with Crippen molar-refractivity contribution < 1.29 is 23.6 Å². The lowest BCUT2D eigenvalue weighted by atomic mass is 10.0. The molecule has 0 bridgehead atoms. The molecule has 2 aliphatic rings. The minimum Gasteiger partial charge on any atom is -0.489 e. The van der Waals surface area contributed by atoms with E-state index in [1.165, 1.54) is 5.56 Å². The van der Waals surface area contributed by atoms with Crippen molar-refractivity contribution in [1.82, 2.24) is 5.32 Å². The molecule has 1 fully saturated rings. The zero-order valence-corrected chi connectivity index (χ0v) is 18.4. The number of nitrogens with zero attached hydrogens (tertiary/aromatic N) is 1. The second-order valence-electron chi connectivity index (χ2n) is 8.08. The van der Waals surface area contributed by atoms with Gasteiger partial charge in [0.15, 0.2) is 0 Å². The molecule has 4 rings (SSSR count). The van der Waals surface area contributed by atoms with Gasteiger partial charge in [-0.15, -0.1) is 0 Å². The summed E-state index contributed by atoms with van der Waals surface area (Å²) in [6, 6.07) is 13.3. The van der Waals surface area contributed by atoms with Gasteiger partial charge >= 0.3 is 11.9 Å². The Balaban J connectivity index is 1.53. The summed E-state index contributed by atoms with van der Waals surface area (Å²) >= 11 is 0. The molecule has 0 amide bonds. The highest BCUT2D eigenvalue weighted by Gasteiger charge is 2.26. The lowest BCUT2D eigenvalue weighted by Crippen LogP contribution is -2.38. The molecule has 5 N–H and O–H groups in total. The van der Waals surface area contributed by atoms with Crippen molar-refractivity contribution in [2.45, 2.75) is 38.5 Å². The predicted molar refractivity (Wildman–Crippen MR) is 121 cm³/mol. The molecule has 1 saturated heterocycles. The largest absolute Gasteiger partial charge is 0.489 e. The van der Waals surface area contributed by atoms with Gasteiger partial charge in [0.2, 0.25) is 6.10 Å². The molecule has 2 aromatic rings. The molecule has 32 heavy (non-hydrogen) atoms. The van der Waals surface area contributed by atoms with Crippen molar-refractivity contribution in [2.24, 2.45) is 11.5 Å². The first-order valence-electron chi connectivity index (χ1n) is 11.1. The van der Waals surface area contributed by atoms with E-state index in [2.05, 4.69) is 5.32 Å². The second-order valence-corrected chi connectivity index (χ2v) is 8.08. The molecule has 2 aliphatic heterocycles. The average molecular weight is 440 g/mol. The minimum absolute atomic E-state index is 0.174. The SMILES string of the molecule is CCOC(=O)C(Oc1ccc2c(c1)C[N+](=C(N)N)CC2)c1ccc(O[C@H]2CCNC2)cc1. The summed E-state index contributed by atoms with van der Waals surface area (Å²) in [5.74, 6) is 1.24. The fourth-order valence-electron chi connectivity index (χ4n) is 4.08. The molecule has 0 radical (unpaired) electrons. The van der Waals surface area contributed by atoms with E-state index in [1.54, 1.807) is 6.92 Å². The predicted octanol–water partition coefficient (Wildman–Crippen LogP) is 1.45. The Labute approximate surface area is 188 Å². The molecule has 2 aromatic carbocycles. The lowest BCUT2D eigenvalue weighted by molar-refractivity contribution is -0.549. The summed E-state index contributed by atoms with van der Waals surface area (Å²) in [6.07, 6.45) is 1.14. The van der Waals surface area contributed by atoms with E-state index in [-0.39, 0.29) is 12.7 Å². The first kappa shape index (κ1) is 22.0. The third-order valence-corrected chi connectivity index (χ3v) is 5.81. The Kier molecular flexibility index (Phi) is 6.80. The van der Waals surface area contributed by atoms with Gasteiger partial charge in [-0.05, 0) is 55.3 Å². The van der Waals surface area contributed by atoms with Gasteiger partial charge < -0.3 is 19.5 Å². The summed E-state index contributed by atoms with van der Waals surface area (Å²) in [5, 5.41) is 3.28. The Bertz CT molecular complexity index is 980. The highest BCUT2D eigenvalue weighted by Crippen LogP contribution is 2.29. The number of rotatable bonds is 7. The average Bonchev–Trinajstić information content (AvgIpc) is 3.31. The van der Waals surface area contributed by atoms with Gasteiger partial charge in [0, 0.05) is 18.5 Å². The van der Waals surface area contributed by atoms with Crippen molar-refractivity contribution in [2.75, 3.05) is 26.2 Å². The van der Waals surface area contributed by atoms with Gasteiger partial charge in [-0.2, -0.15) is 0 Å². The first-order chi connectivity index (χ1) is 15.5. The standard InChI is InChI=1S/C24H30N4O4/c1-2-30-23(29)22(17-4-6-19(7-5-17)31-21-9-11-27-14-21)32-20-8-3-16-10-12-28(24(25)26)15-18(16)13-20/h3-8,13,21-22,27H,2,9-12,14-15H2,1H3,(H3,25,26)/p+1/t21-,22?/m0/s1. The summed E-state index contributed by atoms with van der Waals surface area (Å²) < 4.78 is 19.3. The van der Waals surface area contributed by atoms with Crippen LogP contribution in [0, 0.1) is 0 Å². The number of carbonyl (C=O) groups is 1. The van der Waals surface area contributed by atoms with Crippen LogP contribution in [-0.2, 0) is 22.5 Å². The molecule has 0 aromatic heterocycles. The molecule has 2 atom stereocenters. The zero-order valence-electron chi connectivity index (χ0n) is 18.4. The number of fused-ring (bicyclic) bond motifs is 1. The Morgan fingerprint density at radius 1 is 1.16 bits per heavy atom. The van der Waals surface area contributed by atoms with Crippen LogP contribution in [0.25, 0.3) is 0 Å². The fraction of sp³-hybridized carbons (Fsp3) is 0.417. The maximum Gasteiger partial charge on any atom is 0.352 e. The van der Waals surface area contributed by atoms with Gasteiger partial charge in [-0.25, -0.2) is 4.79 Å². The number of carbonyl (C=O) groups excluding carboxylic acids is 1. The summed E-state index contributed by atoms with van der Waals surface area (Å²) in [6.45, 7) is 5.27. The molecular weight excluding hydrogens is 408 g/mol. The van der Waals surface area contributed by atoms with Crippen molar-refractivity contribution in [3.8, 4) is 11.5 Å². The molecule has 1 unspecified atom stereocenters. The van der Waals surface area contributed by atoms with E-state index in [1.807, 2.05) is 47.0 Å². The number of esters is 1. The van der Waals surface area contributed by atoms with Gasteiger partial charge in [-0.1, -0.05) is 18.2 Å². The number of benzene rings is 2. The van der Waals surface area contributed by atoms with E-state index in [9.17, 15) is 4.79 Å². The topological polar surface area (TPSA) is 112 Å². The van der Waals surface area contributed by atoms with Gasteiger partial charge in [-0.3, -0.25) is 16.0 Å². The molecule has 0 saturated carbocycles. The van der Waals surface area contributed by atoms with Crippen molar-refractivity contribution >= 4 is 11.9 Å². The highest BCUT2D eigenvalue weighted by molar-refractivity contribution is 5.77. The molecule has 8 heteroatoms. The number of nitrogens with one attached hydrogen (secondary N) is 1. The van der Waals surface area contributed by atoms with E-state index < -0.39 is 12.1 Å². The van der Waals surface area contributed by atoms with Crippen molar-refractivity contribution in [3.63, 3.8) is 0 Å². The van der Waals surface area contributed by atoms with E-state index in [0.717, 1.165) is 43.8 Å². The van der Waals surface area contributed by atoms with Crippen LogP contribution in [0.1, 0.15) is 36.1 Å². The molecule has 170 valence electrons. The van der Waals surface area contributed by atoms with E-state index in [4.69, 9.17) is 25.7 Å². The molecule has 0 aliphatic carbocycles. The van der Waals surface area contributed by atoms with Crippen LogP contribution >= 0.6 is 0 Å². The fourth-order valence-corrected chi connectivity index (χ4v) is 4.08. The molecular formula is C24H31N4O4+. The second kappa shape index (κ2) is 9.91. The van der Waals surface area contributed by atoms with Crippen LogP contribution in [0.5, 0.6) is 11.5 Å². The number of guanidine groups is 1. The van der Waals surface area contributed by atoms with Crippen molar-refractivity contribution in [1.29, 1.82) is 0 Å². The Hall–Kier alpha value is -3.26. The Morgan fingerprint density at radius 3 is 2.62 bits per heavy atom. The van der Waals surface area contributed by atoms with Gasteiger partial charge in [0.1, 0.15) is 17.6 Å². The summed E-state index contributed by atoms with van der Waals surface area (Å²) in [4.78, 5) is 12.7. The summed E-state index contributed by atoms with van der Waals surface area (Å²) in [5.41, 5.74) is 14.6. The maximum absolute atomic E-state index is 12.7. The first-order valence-corrected chi connectivity index (χ1v) is 11.1. The van der Waals surface area contributed by atoms with Crippen LogP contribution in [0.2, 0.25) is 0 Å². The van der Waals surface area contributed by atoms with Crippen LogP contribution in [0.4, 0.5) is 0 Å². The smallest absolute Gasteiger partial charge is 0.352 e. The van der Waals surface area contributed by atoms with Crippen LogP contribution in [0.15, 0.2) is 42.5 Å². The number of ether oxygens (including phenoxy) is 3. The number of nitrogens with two attached hydrogens (primary N) is 2. The lowest BCUT2D eigenvalue weighted by Gasteiger charge is -2.22. The quantitative estimate of drug-likeness (QED) is 0.340. The van der Waals surface area contributed by atoms with E-state index in [0.29, 0.717) is 23.8 Å². The number of hydrogen-bond donors (Lipinski definition) is 3. The Morgan fingerprint density at radius 2 is 1.94 bits per heavy atom. The summed E-state index contributed by atoms with van der Waals surface area (Å²) in [7, 11) is 0. The third-order valence-electron chi connectivity index (χ3n) is 5.81. The third kappa shape index (κ3) is 5.13. The number of hydrogen-bond acceptors (Lipinski definition) is 5. The van der Waals surface area contributed by atoms with Crippen LogP contribution in [-0.4, -0.2) is 48.8 Å². The molecule has 2 heterocycles. The molecule has 8 nitrogen and oxygen atoms in total. The van der Waals surface area contributed by atoms with Gasteiger partial charge in [0.25, 0.3) is 0 Å². The van der Waals surface area contributed by atoms with E-state index >= 15 is 0 Å². The minimum atomic E-state index is -0.874. The van der Waals surface area contributed by atoms with Crippen LogP contribution < -0.4 is 26.3 Å². The van der Waals surface area contributed by atoms with Crippen LogP contribution in [0.3, 0.4) is 0 Å². The highest BCUT2D eigenvalue weighted by atomic mass is 16.6. The zero-order chi connectivity index (χ0) is 22.5. The monoisotopic (exact) mass is 439 g/mol.